The molecule has 0 aliphatic heterocycles. The third-order valence-electron chi connectivity index (χ3n) is 2.13. The van der Waals surface area contributed by atoms with Gasteiger partial charge in [-0.05, 0) is 18.6 Å². The monoisotopic (exact) mass is 250 g/mol. The molecule has 1 aromatic carbocycles. The Morgan fingerprint density at radius 3 is 2.22 bits per heavy atom. The summed E-state index contributed by atoms with van der Waals surface area (Å²) in [5, 5.41) is 17.7. The Balaban J connectivity index is 0.000000331. The smallest absolute Gasteiger partial charge is 0.153 e. The summed E-state index contributed by atoms with van der Waals surface area (Å²) in [5.41, 5.74) is -0.0281. The Kier molecular flexibility index (Phi) is 6.42. The molecule has 2 N–H and O–H groups in total. The molecule has 0 heterocycles. The number of hydrogen-bond acceptors (Lipinski definition) is 4. The number of carbonyl (C=O) groups is 2. The predicted molar refractivity (Wildman–Crippen MR) is 69.8 cm³/mol. The molecule has 0 aromatic heterocycles. The minimum atomic E-state index is -0.207. The van der Waals surface area contributed by atoms with Crippen LogP contribution in [0.15, 0.2) is 30.9 Å². The van der Waals surface area contributed by atoms with Gasteiger partial charge in [0.25, 0.3) is 0 Å². The van der Waals surface area contributed by atoms with Gasteiger partial charge in [-0.2, -0.15) is 0 Å². The molecule has 0 unspecified atom stereocenters. The molecule has 0 spiro atoms. The fourth-order valence-corrected chi connectivity index (χ4v) is 1.05. The van der Waals surface area contributed by atoms with Crippen LogP contribution < -0.4 is 0 Å². The molecule has 4 nitrogen and oxygen atoms in total. The largest absolute Gasteiger partial charge is 0.508 e. The highest BCUT2D eigenvalue weighted by atomic mass is 16.3. The maximum Gasteiger partial charge on any atom is 0.153 e. The number of aromatic hydroxyl groups is 2. The summed E-state index contributed by atoms with van der Waals surface area (Å²) in [6.07, 6.45) is 3.99. The van der Waals surface area contributed by atoms with E-state index in [-0.39, 0.29) is 22.5 Å². The van der Waals surface area contributed by atoms with Gasteiger partial charge in [0.15, 0.2) is 6.29 Å². The Hall–Kier alpha value is -2.10. The first kappa shape index (κ1) is 15.9. The molecular formula is C14H18O4. The van der Waals surface area contributed by atoms with Crippen LogP contribution in [0.25, 0.3) is 0 Å². The van der Waals surface area contributed by atoms with Crippen LogP contribution in [0, 0.1) is 5.41 Å². The second-order valence-corrected chi connectivity index (χ2v) is 4.46. The number of aldehydes is 2. The van der Waals surface area contributed by atoms with E-state index in [2.05, 4.69) is 6.58 Å². The lowest BCUT2D eigenvalue weighted by Gasteiger charge is -2.11. The Bertz CT molecular complexity index is 422. The van der Waals surface area contributed by atoms with E-state index in [1.807, 2.05) is 13.8 Å². The summed E-state index contributed by atoms with van der Waals surface area (Å²) in [4.78, 5) is 20.3. The number of carbonyl (C=O) groups excluding carboxylic acids is 2. The zero-order valence-electron chi connectivity index (χ0n) is 10.6. The molecule has 1 rings (SSSR count). The zero-order valence-corrected chi connectivity index (χ0v) is 10.6. The van der Waals surface area contributed by atoms with Crippen LogP contribution >= 0.6 is 0 Å². The van der Waals surface area contributed by atoms with E-state index in [1.54, 1.807) is 6.08 Å². The normalized spacial score (nSPS) is 9.89. The van der Waals surface area contributed by atoms with Gasteiger partial charge in [-0.25, -0.2) is 0 Å². The average Bonchev–Trinajstić information content (AvgIpc) is 2.30. The summed E-state index contributed by atoms with van der Waals surface area (Å²) in [5.74, 6) is -0.252. The van der Waals surface area contributed by atoms with Crippen molar-refractivity contribution in [2.75, 3.05) is 0 Å². The van der Waals surface area contributed by atoms with Crippen LogP contribution in [0.2, 0.25) is 0 Å². The topological polar surface area (TPSA) is 74.6 Å². The van der Waals surface area contributed by atoms with E-state index in [0.29, 0.717) is 6.29 Å². The van der Waals surface area contributed by atoms with Gasteiger partial charge in [0.05, 0.1) is 5.56 Å². The molecule has 98 valence electrons. The standard InChI is InChI=1S/C7H6O3.C7H12O/c8-4-5-1-2-6(9)3-7(5)10;1-4-5-7(2,3)6-8/h1-4,9-10H;4,6H,1,5H2,2-3H3. The maximum atomic E-state index is 10.2. The Labute approximate surface area is 107 Å². The highest BCUT2D eigenvalue weighted by Crippen LogP contribution is 2.20. The molecule has 4 heteroatoms. The minimum Gasteiger partial charge on any atom is -0.508 e. The van der Waals surface area contributed by atoms with Crippen molar-refractivity contribution < 1.29 is 19.8 Å². The Morgan fingerprint density at radius 1 is 1.28 bits per heavy atom. The third-order valence-corrected chi connectivity index (χ3v) is 2.13. The SMILES string of the molecule is C=CCC(C)(C)C=O.O=Cc1ccc(O)cc1O. The minimum absolute atomic E-state index is 0.0527. The molecular weight excluding hydrogens is 232 g/mol. The van der Waals surface area contributed by atoms with Gasteiger partial charge in [-0.15, -0.1) is 6.58 Å². The molecule has 1 aromatic rings. The number of phenols is 2. The van der Waals surface area contributed by atoms with Crippen LogP contribution in [0.5, 0.6) is 11.5 Å². The van der Waals surface area contributed by atoms with Crippen LogP contribution in [-0.2, 0) is 4.79 Å². The van der Waals surface area contributed by atoms with Crippen LogP contribution in [0.3, 0.4) is 0 Å². The van der Waals surface area contributed by atoms with Crippen molar-refractivity contribution in [3.05, 3.63) is 36.4 Å². The molecule has 0 aliphatic rings. The van der Waals surface area contributed by atoms with Crippen molar-refractivity contribution in [3.8, 4) is 11.5 Å². The molecule has 0 amide bonds. The number of hydrogen-bond donors (Lipinski definition) is 2. The number of phenolic OH excluding ortho intramolecular Hbond substituents is 2. The first-order chi connectivity index (χ1) is 8.36. The summed E-state index contributed by atoms with van der Waals surface area (Å²) in [7, 11) is 0. The van der Waals surface area contributed by atoms with E-state index in [9.17, 15) is 9.59 Å². The van der Waals surface area contributed by atoms with Gasteiger partial charge in [0.1, 0.15) is 17.8 Å². The van der Waals surface area contributed by atoms with Gasteiger partial charge in [-0.3, -0.25) is 4.79 Å². The lowest BCUT2D eigenvalue weighted by molar-refractivity contribution is -0.114. The molecule has 0 saturated carbocycles. The number of rotatable bonds is 4. The molecule has 0 atom stereocenters. The maximum absolute atomic E-state index is 10.2. The highest BCUT2D eigenvalue weighted by Gasteiger charge is 2.12. The number of allylic oxidation sites excluding steroid dienone is 1. The van der Waals surface area contributed by atoms with Crippen molar-refractivity contribution in [1.29, 1.82) is 0 Å². The second-order valence-electron chi connectivity index (χ2n) is 4.46. The Morgan fingerprint density at radius 2 is 1.89 bits per heavy atom. The van der Waals surface area contributed by atoms with Gasteiger partial charge in [-0.1, -0.05) is 19.9 Å². The van der Waals surface area contributed by atoms with Crippen molar-refractivity contribution in [2.45, 2.75) is 20.3 Å². The molecule has 0 saturated heterocycles. The van der Waals surface area contributed by atoms with Crippen molar-refractivity contribution in [1.82, 2.24) is 0 Å². The third kappa shape index (κ3) is 5.84. The van der Waals surface area contributed by atoms with Gasteiger partial charge in [0, 0.05) is 11.5 Å². The van der Waals surface area contributed by atoms with Crippen LogP contribution in [0.1, 0.15) is 30.6 Å². The second kappa shape index (κ2) is 7.27. The first-order valence-electron chi connectivity index (χ1n) is 5.40. The zero-order chi connectivity index (χ0) is 14.2. The molecule has 0 radical (unpaired) electrons. The summed E-state index contributed by atoms with van der Waals surface area (Å²) < 4.78 is 0. The van der Waals surface area contributed by atoms with Crippen LogP contribution in [0.4, 0.5) is 0 Å². The van der Waals surface area contributed by atoms with Gasteiger partial charge >= 0.3 is 0 Å². The van der Waals surface area contributed by atoms with E-state index < -0.39 is 0 Å². The van der Waals surface area contributed by atoms with E-state index in [4.69, 9.17) is 10.2 Å². The van der Waals surface area contributed by atoms with Crippen molar-refractivity contribution in [2.24, 2.45) is 5.41 Å². The molecule has 0 bridgehead atoms. The van der Waals surface area contributed by atoms with E-state index in [1.165, 1.54) is 12.1 Å². The van der Waals surface area contributed by atoms with E-state index >= 15 is 0 Å². The van der Waals surface area contributed by atoms with Crippen molar-refractivity contribution in [3.63, 3.8) is 0 Å². The van der Waals surface area contributed by atoms with Gasteiger partial charge in [0.2, 0.25) is 0 Å². The summed E-state index contributed by atoms with van der Waals surface area (Å²) in [6, 6.07) is 3.80. The van der Waals surface area contributed by atoms with Gasteiger partial charge < -0.3 is 15.0 Å². The number of benzene rings is 1. The summed E-state index contributed by atoms with van der Waals surface area (Å²) in [6.45, 7) is 7.32. The fraction of sp³-hybridized carbons (Fsp3) is 0.286. The molecule has 0 aliphatic carbocycles. The lowest BCUT2D eigenvalue weighted by Crippen LogP contribution is -2.10. The molecule has 18 heavy (non-hydrogen) atoms. The predicted octanol–water partition coefficient (Wildman–Crippen LogP) is 2.70. The first-order valence-corrected chi connectivity index (χ1v) is 5.40. The molecule has 0 fully saturated rings. The quantitative estimate of drug-likeness (QED) is 0.636. The lowest BCUT2D eigenvalue weighted by atomic mass is 9.92. The van der Waals surface area contributed by atoms with Crippen LogP contribution in [-0.4, -0.2) is 22.8 Å². The highest BCUT2D eigenvalue weighted by molar-refractivity contribution is 5.79. The van der Waals surface area contributed by atoms with E-state index in [0.717, 1.165) is 18.8 Å². The average molecular weight is 250 g/mol. The van der Waals surface area contributed by atoms with Crippen molar-refractivity contribution >= 4 is 12.6 Å². The fourth-order valence-electron chi connectivity index (χ4n) is 1.05. The summed E-state index contributed by atoms with van der Waals surface area (Å²) >= 11 is 0.